The van der Waals surface area contributed by atoms with Gasteiger partial charge in [-0.25, -0.2) is 0 Å². The number of pyridine rings is 2. The Kier molecular flexibility index (Phi) is 8.36. The van der Waals surface area contributed by atoms with E-state index >= 15 is 0 Å². The molecular formula is C22H15DyF3N2O2. The van der Waals surface area contributed by atoms with Gasteiger partial charge in [-0.05, 0) is 12.1 Å². The summed E-state index contributed by atoms with van der Waals surface area (Å²) < 4.78 is 35.5. The SMILES string of the molecule is O=C(/C=C(\O)c1ccccc1)C(F)(F)F.[Dy].c1cnc2c(c1)ccc1cccnc12. The van der Waals surface area contributed by atoms with Gasteiger partial charge in [0.05, 0.1) is 11.0 Å². The molecular weight excluding hydrogens is 544 g/mol. The molecule has 4 nitrogen and oxygen atoms in total. The maximum Gasteiger partial charge on any atom is 0.454 e. The summed E-state index contributed by atoms with van der Waals surface area (Å²) in [4.78, 5) is 19.2. The fourth-order valence-corrected chi connectivity index (χ4v) is 2.58. The third kappa shape index (κ3) is 6.02. The molecule has 0 aliphatic heterocycles. The van der Waals surface area contributed by atoms with E-state index in [1.54, 1.807) is 18.5 Å². The number of halogens is 3. The van der Waals surface area contributed by atoms with Crippen molar-refractivity contribution >= 4 is 33.3 Å². The van der Waals surface area contributed by atoms with Crippen LogP contribution < -0.4 is 0 Å². The summed E-state index contributed by atoms with van der Waals surface area (Å²) in [7, 11) is 0. The number of nitrogens with zero attached hydrogens (tertiary/aromatic N) is 2. The minimum Gasteiger partial charge on any atom is -0.507 e. The fourth-order valence-electron chi connectivity index (χ4n) is 2.58. The molecule has 0 unspecified atom stereocenters. The first-order valence-electron chi connectivity index (χ1n) is 8.52. The van der Waals surface area contributed by atoms with Crippen LogP contribution in [0.3, 0.4) is 0 Å². The Morgan fingerprint density at radius 2 is 1.30 bits per heavy atom. The maximum atomic E-state index is 11.8. The van der Waals surface area contributed by atoms with Gasteiger partial charge in [-0.1, -0.05) is 54.6 Å². The predicted octanol–water partition coefficient (Wildman–Crippen LogP) is 5.50. The van der Waals surface area contributed by atoms with Crippen LogP contribution in [-0.2, 0) is 4.79 Å². The number of hydrogen-bond donors (Lipinski definition) is 1. The Morgan fingerprint density at radius 1 is 0.800 bits per heavy atom. The van der Waals surface area contributed by atoms with Gasteiger partial charge >= 0.3 is 6.18 Å². The largest absolute Gasteiger partial charge is 0.507 e. The number of aliphatic hydroxyl groups excluding tert-OH is 1. The monoisotopic (exact) mass is 560 g/mol. The van der Waals surface area contributed by atoms with Crippen LogP contribution in [0.15, 0.2) is 85.2 Å². The van der Waals surface area contributed by atoms with Gasteiger partial charge in [0.1, 0.15) is 5.76 Å². The first-order valence-corrected chi connectivity index (χ1v) is 8.52. The van der Waals surface area contributed by atoms with Crippen LogP contribution in [0.25, 0.3) is 27.6 Å². The van der Waals surface area contributed by atoms with E-state index in [0.717, 1.165) is 21.8 Å². The first kappa shape index (κ1) is 23.8. The van der Waals surface area contributed by atoms with Crippen LogP contribution in [-0.4, -0.2) is 27.0 Å². The molecule has 0 fully saturated rings. The second-order valence-corrected chi connectivity index (χ2v) is 5.97. The molecule has 30 heavy (non-hydrogen) atoms. The van der Waals surface area contributed by atoms with Gasteiger partial charge in [0.25, 0.3) is 5.78 Å². The summed E-state index contributed by atoms with van der Waals surface area (Å²) in [6.07, 6.45) is -1.19. The average molecular weight is 559 g/mol. The summed E-state index contributed by atoms with van der Waals surface area (Å²) in [6.45, 7) is 0. The van der Waals surface area contributed by atoms with E-state index < -0.39 is 17.7 Å². The molecule has 0 saturated heterocycles. The molecule has 0 aliphatic carbocycles. The quantitative estimate of drug-likeness (QED) is 0.201. The van der Waals surface area contributed by atoms with E-state index in [1.807, 2.05) is 12.1 Å². The molecule has 4 rings (SSSR count). The molecule has 0 atom stereocenters. The van der Waals surface area contributed by atoms with E-state index in [1.165, 1.54) is 24.3 Å². The van der Waals surface area contributed by atoms with Crippen LogP contribution in [0, 0.1) is 38.2 Å². The molecule has 0 aliphatic rings. The molecule has 156 valence electrons. The fraction of sp³-hybridized carbons (Fsp3) is 0.0455. The van der Waals surface area contributed by atoms with Crippen LogP contribution in [0.1, 0.15) is 5.56 Å². The van der Waals surface area contributed by atoms with Crippen molar-refractivity contribution in [2.75, 3.05) is 0 Å². The Hall–Kier alpha value is -2.47. The van der Waals surface area contributed by atoms with Crippen molar-refractivity contribution in [1.82, 2.24) is 9.97 Å². The van der Waals surface area contributed by atoms with Gasteiger partial charge < -0.3 is 5.11 Å². The second-order valence-electron chi connectivity index (χ2n) is 5.97. The van der Waals surface area contributed by atoms with Gasteiger partial charge in [-0.15, -0.1) is 0 Å². The van der Waals surface area contributed by atoms with E-state index in [2.05, 4.69) is 34.2 Å². The second kappa shape index (κ2) is 10.5. The van der Waals surface area contributed by atoms with Crippen LogP contribution in [0.5, 0.6) is 0 Å². The summed E-state index contributed by atoms with van der Waals surface area (Å²) >= 11 is 0. The van der Waals surface area contributed by atoms with Crippen molar-refractivity contribution in [3.05, 3.63) is 90.8 Å². The molecule has 0 bridgehead atoms. The summed E-state index contributed by atoms with van der Waals surface area (Å²) in [5, 5.41) is 11.5. The third-order valence-corrected chi connectivity index (χ3v) is 3.96. The topological polar surface area (TPSA) is 63.1 Å². The number of benzene rings is 2. The van der Waals surface area contributed by atoms with Crippen molar-refractivity contribution in [3.63, 3.8) is 0 Å². The molecule has 0 radical (unpaired) electrons. The Balaban J connectivity index is 0.000000207. The molecule has 0 saturated carbocycles. The smallest absolute Gasteiger partial charge is 0.454 e. The molecule has 4 aromatic rings. The van der Waals surface area contributed by atoms with Crippen molar-refractivity contribution in [2.45, 2.75) is 6.18 Å². The normalized spacial score (nSPS) is 11.4. The van der Waals surface area contributed by atoms with Crippen molar-refractivity contribution < 1.29 is 61.2 Å². The van der Waals surface area contributed by atoms with Crippen molar-refractivity contribution in [3.8, 4) is 0 Å². The van der Waals surface area contributed by atoms with Gasteiger partial charge in [-0.2, -0.15) is 13.2 Å². The molecule has 8 heteroatoms. The molecule has 0 spiro atoms. The molecule has 2 aromatic heterocycles. The number of fused-ring (bicyclic) bond motifs is 3. The molecule has 0 amide bonds. The van der Waals surface area contributed by atoms with Gasteiger partial charge in [0.2, 0.25) is 0 Å². The Labute approximate surface area is 200 Å². The third-order valence-electron chi connectivity index (χ3n) is 3.96. The Morgan fingerprint density at radius 3 is 1.77 bits per heavy atom. The molecule has 2 heterocycles. The number of alkyl halides is 3. The number of hydrogen-bond acceptors (Lipinski definition) is 4. The number of carbonyl (C=O) groups excluding carboxylic acids is 1. The number of ketones is 1. The minimum atomic E-state index is -4.96. The number of rotatable bonds is 2. The van der Waals surface area contributed by atoms with Gasteiger partial charge in [-0.3, -0.25) is 14.8 Å². The minimum absolute atomic E-state index is 0. The number of carbonyl (C=O) groups is 1. The van der Waals surface area contributed by atoms with Crippen molar-refractivity contribution in [1.29, 1.82) is 0 Å². The van der Waals surface area contributed by atoms with Crippen molar-refractivity contribution in [2.24, 2.45) is 0 Å². The van der Waals surface area contributed by atoms with E-state index in [0.29, 0.717) is 0 Å². The zero-order valence-corrected chi connectivity index (χ0v) is 17.3. The van der Waals surface area contributed by atoms with E-state index in [9.17, 15) is 23.1 Å². The zero-order chi connectivity index (χ0) is 20.9. The number of aromatic nitrogens is 2. The zero-order valence-electron chi connectivity index (χ0n) is 15.3. The summed E-state index contributed by atoms with van der Waals surface area (Å²) in [6, 6.07) is 19.7. The summed E-state index contributed by atoms with van der Waals surface area (Å²) in [5.74, 6) is -2.78. The van der Waals surface area contributed by atoms with Gasteiger partial charge in [0.15, 0.2) is 0 Å². The standard InChI is InChI=1S/C12H8N2.C10H7F3O2.Dy/c1-3-9-5-6-10-4-2-8-14-12(10)11(9)13-7-1;11-10(12,13)9(15)6-8(14)7-4-2-1-3-5-7;/h1-8H;1-6,14H;/b;8-6-;. The maximum absolute atomic E-state index is 11.8. The first-order chi connectivity index (χ1) is 13.9. The van der Waals surface area contributed by atoms with Crippen LogP contribution in [0.4, 0.5) is 13.2 Å². The predicted molar refractivity (Wildman–Crippen MR) is 105 cm³/mol. The van der Waals surface area contributed by atoms with E-state index in [4.69, 9.17) is 0 Å². The van der Waals surface area contributed by atoms with E-state index in [-0.39, 0.29) is 49.8 Å². The number of allylic oxidation sites excluding steroid dienone is 1. The summed E-state index contributed by atoms with van der Waals surface area (Å²) in [5.41, 5.74) is 2.12. The Bertz CT molecular complexity index is 1120. The van der Waals surface area contributed by atoms with Crippen LogP contribution >= 0.6 is 0 Å². The molecule has 2 aromatic carbocycles. The van der Waals surface area contributed by atoms with Crippen LogP contribution in [0.2, 0.25) is 0 Å². The molecule has 1 N–H and O–H groups in total. The number of aliphatic hydroxyl groups is 1. The van der Waals surface area contributed by atoms with Gasteiger partial charge in [0, 0.05) is 73.0 Å². The average Bonchev–Trinajstić information content (AvgIpc) is 2.74.